The molecule has 25 heavy (non-hydrogen) atoms. The van der Waals surface area contributed by atoms with Crippen molar-refractivity contribution in [3.05, 3.63) is 94.0 Å². The normalized spacial score (nSPS) is 10.3. The number of carbonyl (C=O) groups excluding carboxylic acids is 1. The molecule has 0 spiro atoms. The predicted molar refractivity (Wildman–Crippen MR) is 102 cm³/mol. The number of anilines is 1. The van der Waals surface area contributed by atoms with Gasteiger partial charge in [-0.3, -0.25) is 4.79 Å². The molecule has 0 heterocycles. The summed E-state index contributed by atoms with van der Waals surface area (Å²) in [6.45, 7) is 0.488. The zero-order chi connectivity index (χ0) is 17.6. The van der Waals surface area contributed by atoms with Gasteiger partial charge in [0, 0.05) is 5.69 Å². The van der Waals surface area contributed by atoms with Gasteiger partial charge in [-0.1, -0.05) is 59.6 Å². The Balaban J connectivity index is 1.63. The second-order valence-electron chi connectivity index (χ2n) is 5.35. The van der Waals surface area contributed by atoms with Crippen molar-refractivity contribution in [2.75, 3.05) is 5.32 Å². The molecule has 3 rings (SSSR count). The number of amides is 1. The zero-order valence-corrected chi connectivity index (χ0v) is 14.7. The highest BCUT2D eigenvalue weighted by molar-refractivity contribution is 6.40. The van der Waals surface area contributed by atoms with Crippen molar-refractivity contribution in [3.63, 3.8) is 0 Å². The number of hydrogen-bond donors (Lipinski definition) is 1. The molecule has 5 heteroatoms. The lowest BCUT2D eigenvalue weighted by atomic mass is 10.2. The molecule has 0 radical (unpaired) electrons. The van der Waals surface area contributed by atoms with E-state index in [9.17, 15) is 4.79 Å². The van der Waals surface area contributed by atoms with Gasteiger partial charge in [-0.15, -0.1) is 0 Å². The van der Waals surface area contributed by atoms with Crippen LogP contribution in [0.25, 0.3) is 0 Å². The van der Waals surface area contributed by atoms with E-state index in [4.69, 9.17) is 27.9 Å². The first-order valence-corrected chi connectivity index (χ1v) is 8.41. The maximum atomic E-state index is 12.3. The topological polar surface area (TPSA) is 38.3 Å². The van der Waals surface area contributed by atoms with Gasteiger partial charge in [0.05, 0.1) is 15.6 Å². The number of ether oxygens (including phenoxy) is 1. The molecule has 0 saturated heterocycles. The molecule has 0 aliphatic rings. The number of rotatable bonds is 5. The number of benzene rings is 3. The molecule has 3 aromatic carbocycles. The van der Waals surface area contributed by atoms with Crippen LogP contribution in [0.1, 0.15) is 15.9 Å². The minimum atomic E-state index is -0.353. The average molecular weight is 372 g/mol. The summed E-state index contributed by atoms with van der Waals surface area (Å²) in [6.07, 6.45) is 0. The van der Waals surface area contributed by atoms with Crippen LogP contribution in [0, 0.1) is 0 Å². The smallest absolute Gasteiger partial charge is 0.258 e. The lowest BCUT2D eigenvalue weighted by molar-refractivity contribution is 0.102. The van der Waals surface area contributed by atoms with E-state index in [0.29, 0.717) is 22.3 Å². The molecule has 1 N–H and O–H groups in total. The molecule has 0 saturated carbocycles. The van der Waals surface area contributed by atoms with Crippen molar-refractivity contribution in [1.82, 2.24) is 0 Å². The van der Waals surface area contributed by atoms with Crippen molar-refractivity contribution in [2.45, 2.75) is 6.61 Å². The van der Waals surface area contributed by atoms with Gasteiger partial charge in [-0.05, 0) is 42.0 Å². The van der Waals surface area contributed by atoms with Crippen molar-refractivity contribution in [2.24, 2.45) is 0 Å². The Bertz CT molecular complexity index is 844. The lowest BCUT2D eigenvalue weighted by Crippen LogP contribution is -2.13. The van der Waals surface area contributed by atoms with Crippen molar-refractivity contribution >= 4 is 34.8 Å². The third-order valence-electron chi connectivity index (χ3n) is 3.55. The second kappa shape index (κ2) is 8.06. The van der Waals surface area contributed by atoms with Gasteiger partial charge in [0.1, 0.15) is 12.4 Å². The van der Waals surface area contributed by atoms with Gasteiger partial charge < -0.3 is 10.1 Å². The highest BCUT2D eigenvalue weighted by Gasteiger charge is 2.14. The molecule has 0 bridgehead atoms. The maximum absolute atomic E-state index is 12.3. The predicted octanol–water partition coefficient (Wildman–Crippen LogP) is 5.82. The Hall–Kier alpha value is -2.49. The molecule has 0 unspecified atom stereocenters. The SMILES string of the molecule is O=C(Nc1ccc(OCc2ccccc2)cc1)c1c(Cl)cccc1Cl. The highest BCUT2D eigenvalue weighted by Crippen LogP contribution is 2.25. The van der Waals surface area contributed by atoms with Crippen molar-refractivity contribution in [3.8, 4) is 5.75 Å². The van der Waals surface area contributed by atoms with Gasteiger partial charge in [0.25, 0.3) is 5.91 Å². The summed E-state index contributed by atoms with van der Waals surface area (Å²) < 4.78 is 5.72. The fraction of sp³-hybridized carbons (Fsp3) is 0.0500. The van der Waals surface area contributed by atoms with Gasteiger partial charge in [-0.2, -0.15) is 0 Å². The van der Waals surface area contributed by atoms with Crippen LogP contribution >= 0.6 is 23.2 Å². The van der Waals surface area contributed by atoms with E-state index in [0.717, 1.165) is 11.3 Å². The largest absolute Gasteiger partial charge is 0.489 e. The third kappa shape index (κ3) is 4.53. The molecule has 0 atom stereocenters. The Morgan fingerprint density at radius 3 is 2.12 bits per heavy atom. The van der Waals surface area contributed by atoms with Crippen LogP contribution in [-0.2, 0) is 6.61 Å². The lowest BCUT2D eigenvalue weighted by Gasteiger charge is -2.10. The molecule has 1 amide bonds. The van der Waals surface area contributed by atoms with Crippen LogP contribution in [0.3, 0.4) is 0 Å². The number of nitrogens with one attached hydrogen (secondary N) is 1. The summed E-state index contributed by atoms with van der Waals surface area (Å²) in [5, 5.41) is 3.40. The minimum Gasteiger partial charge on any atom is -0.489 e. The van der Waals surface area contributed by atoms with Crippen molar-refractivity contribution in [1.29, 1.82) is 0 Å². The Labute approximate surface area is 156 Å². The number of carbonyl (C=O) groups is 1. The summed E-state index contributed by atoms with van der Waals surface area (Å²) in [4.78, 5) is 12.3. The van der Waals surface area contributed by atoms with Gasteiger partial charge in [0.15, 0.2) is 0 Å². The van der Waals surface area contributed by atoms with E-state index < -0.39 is 0 Å². The van der Waals surface area contributed by atoms with E-state index in [1.165, 1.54) is 0 Å². The van der Waals surface area contributed by atoms with Crippen LogP contribution in [0.15, 0.2) is 72.8 Å². The molecular weight excluding hydrogens is 357 g/mol. The summed E-state index contributed by atoms with van der Waals surface area (Å²) in [7, 11) is 0. The van der Waals surface area contributed by atoms with E-state index >= 15 is 0 Å². The molecule has 0 aliphatic heterocycles. The Morgan fingerprint density at radius 2 is 1.48 bits per heavy atom. The minimum absolute atomic E-state index is 0.259. The first-order chi connectivity index (χ1) is 12.1. The molecule has 3 aromatic rings. The van der Waals surface area contributed by atoms with E-state index in [2.05, 4.69) is 5.32 Å². The summed E-state index contributed by atoms with van der Waals surface area (Å²) in [5.74, 6) is 0.367. The van der Waals surface area contributed by atoms with Gasteiger partial charge in [0.2, 0.25) is 0 Å². The summed E-state index contributed by atoms with van der Waals surface area (Å²) in [5.41, 5.74) is 1.98. The van der Waals surface area contributed by atoms with E-state index in [1.807, 2.05) is 30.3 Å². The van der Waals surface area contributed by atoms with E-state index in [-0.39, 0.29) is 11.5 Å². The molecule has 0 fully saturated rings. The number of halogens is 2. The van der Waals surface area contributed by atoms with Crippen LogP contribution in [-0.4, -0.2) is 5.91 Å². The number of hydrogen-bond acceptors (Lipinski definition) is 2. The van der Waals surface area contributed by atoms with Gasteiger partial charge in [-0.25, -0.2) is 0 Å². The van der Waals surface area contributed by atoms with Crippen molar-refractivity contribution < 1.29 is 9.53 Å². The molecule has 0 aliphatic carbocycles. The monoisotopic (exact) mass is 371 g/mol. The standard InChI is InChI=1S/C20H15Cl2NO2/c21-17-7-4-8-18(22)19(17)20(24)23-15-9-11-16(12-10-15)25-13-14-5-2-1-3-6-14/h1-12H,13H2,(H,23,24). The average Bonchev–Trinajstić information content (AvgIpc) is 2.62. The second-order valence-corrected chi connectivity index (χ2v) is 6.16. The first-order valence-electron chi connectivity index (χ1n) is 7.65. The maximum Gasteiger partial charge on any atom is 0.258 e. The molecule has 0 aromatic heterocycles. The van der Waals surface area contributed by atoms with Crippen LogP contribution < -0.4 is 10.1 Å². The third-order valence-corrected chi connectivity index (χ3v) is 4.18. The molecule has 3 nitrogen and oxygen atoms in total. The summed E-state index contributed by atoms with van der Waals surface area (Å²) in [6, 6.07) is 22.0. The van der Waals surface area contributed by atoms with Crippen LogP contribution in [0.4, 0.5) is 5.69 Å². The van der Waals surface area contributed by atoms with E-state index in [1.54, 1.807) is 42.5 Å². The molecular formula is C20H15Cl2NO2. The van der Waals surface area contributed by atoms with Crippen LogP contribution in [0.2, 0.25) is 10.0 Å². The fourth-order valence-electron chi connectivity index (χ4n) is 2.28. The Morgan fingerprint density at radius 1 is 0.840 bits per heavy atom. The summed E-state index contributed by atoms with van der Waals surface area (Å²) >= 11 is 12.1. The highest BCUT2D eigenvalue weighted by atomic mass is 35.5. The zero-order valence-electron chi connectivity index (χ0n) is 13.2. The quantitative estimate of drug-likeness (QED) is 0.612. The first kappa shape index (κ1) is 17.3. The van der Waals surface area contributed by atoms with Crippen LogP contribution in [0.5, 0.6) is 5.75 Å². The fourth-order valence-corrected chi connectivity index (χ4v) is 2.85. The molecule has 126 valence electrons. The van der Waals surface area contributed by atoms with Gasteiger partial charge >= 0.3 is 0 Å². The Kier molecular flexibility index (Phi) is 5.59.